The van der Waals surface area contributed by atoms with Gasteiger partial charge in [-0.3, -0.25) is 14.9 Å². The van der Waals surface area contributed by atoms with Crippen molar-refractivity contribution in [1.29, 1.82) is 0 Å². The van der Waals surface area contributed by atoms with Crippen molar-refractivity contribution in [2.24, 2.45) is 11.1 Å². The van der Waals surface area contributed by atoms with E-state index < -0.39 is 20.6 Å². The largest absolute Gasteiger partial charge is 0.487 e. The molecule has 0 saturated heterocycles. The molecule has 1 fully saturated rings. The van der Waals surface area contributed by atoms with E-state index >= 15 is 0 Å². The zero-order valence-electron chi connectivity index (χ0n) is 11.7. The Bertz CT molecular complexity index is 700. The predicted molar refractivity (Wildman–Crippen MR) is 76.9 cm³/mol. The van der Waals surface area contributed by atoms with Crippen LogP contribution in [0.4, 0.5) is 5.69 Å². The predicted octanol–water partition coefficient (Wildman–Crippen LogP) is 1.38. The molecule has 0 spiro atoms. The molecule has 0 aromatic heterocycles. The van der Waals surface area contributed by atoms with Crippen LogP contribution in [0.15, 0.2) is 23.1 Å². The molecule has 2 rings (SSSR count). The number of carbonyl (C=O) groups excluding carboxylic acids is 1. The third-order valence-electron chi connectivity index (χ3n) is 3.51. The van der Waals surface area contributed by atoms with Crippen LogP contribution >= 0.6 is 0 Å². The van der Waals surface area contributed by atoms with Crippen LogP contribution in [0.1, 0.15) is 25.7 Å². The van der Waals surface area contributed by atoms with Gasteiger partial charge in [-0.05, 0) is 30.9 Å². The summed E-state index contributed by atoms with van der Waals surface area (Å²) in [6.45, 7) is 0.182. The number of hydrogen-bond acceptors (Lipinski definition) is 6. The fraction of sp³-hybridized carbons (Fsp3) is 0.462. The van der Waals surface area contributed by atoms with Gasteiger partial charge in [0, 0.05) is 18.9 Å². The van der Waals surface area contributed by atoms with Gasteiger partial charge in [-0.25, -0.2) is 13.6 Å². The molecule has 120 valence electrons. The Morgan fingerprint density at radius 1 is 1.41 bits per heavy atom. The van der Waals surface area contributed by atoms with E-state index in [1.807, 2.05) is 0 Å². The summed E-state index contributed by atoms with van der Waals surface area (Å²) in [4.78, 5) is 21.3. The lowest BCUT2D eigenvalue weighted by Gasteiger charge is -2.20. The molecule has 22 heavy (non-hydrogen) atoms. The number of nitrogens with two attached hydrogens (primary N) is 1. The van der Waals surface area contributed by atoms with Crippen molar-refractivity contribution in [3.8, 4) is 5.75 Å². The van der Waals surface area contributed by atoms with Crippen molar-refractivity contribution in [2.45, 2.75) is 30.6 Å². The molecule has 0 unspecified atom stereocenters. The van der Waals surface area contributed by atoms with E-state index in [1.54, 1.807) is 0 Å². The van der Waals surface area contributed by atoms with Crippen LogP contribution in [0.2, 0.25) is 0 Å². The van der Waals surface area contributed by atoms with E-state index in [9.17, 15) is 23.3 Å². The van der Waals surface area contributed by atoms with Gasteiger partial charge < -0.3 is 4.74 Å². The van der Waals surface area contributed by atoms with Crippen molar-refractivity contribution in [3.63, 3.8) is 0 Å². The average Bonchev–Trinajstić information content (AvgIpc) is 2.44. The van der Waals surface area contributed by atoms with Crippen molar-refractivity contribution in [3.05, 3.63) is 28.3 Å². The summed E-state index contributed by atoms with van der Waals surface area (Å²) in [6.07, 6.45) is 2.59. The number of carbonyl (C=O) groups is 1. The highest BCUT2D eigenvalue weighted by Gasteiger charge is 2.23. The van der Waals surface area contributed by atoms with Gasteiger partial charge in [-0.15, -0.1) is 0 Å². The fourth-order valence-corrected chi connectivity index (χ4v) is 2.94. The Labute approximate surface area is 127 Å². The number of ether oxygens (including phenoxy) is 1. The minimum atomic E-state index is -4.02. The number of primary sulfonamides is 1. The molecular weight excluding hydrogens is 312 g/mol. The summed E-state index contributed by atoms with van der Waals surface area (Å²) in [5.41, 5.74) is -0.464. The zero-order valence-corrected chi connectivity index (χ0v) is 12.5. The maximum absolute atomic E-state index is 11.4. The van der Waals surface area contributed by atoms with Crippen LogP contribution in [0, 0.1) is 16.0 Å². The van der Waals surface area contributed by atoms with Gasteiger partial charge in [0.2, 0.25) is 10.0 Å². The molecule has 2 N–H and O–H groups in total. The van der Waals surface area contributed by atoms with Gasteiger partial charge in [0.1, 0.15) is 5.78 Å². The third-order valence-corrected chi connectivity index (χ3v) is 4.43. The van der Waals surface area contributed by atoms with Crippen LogP contribution in [-0.4, -0.2) is 25.7 Å². The van der Waals surface area contributed by atoms with E-state index in [1.165, 1.54) is 6.07 Å². The van der Waals surface area contributed by atoms with Crippen LogP contribution < -0.4 is 9.88 Å². The van der Waals surface area contributed by atoms with Crippen molar-refractivity contribution < 1.29 is 22.9 Å². The number of hydrogen-bond donors (Lipinski definition) is 1. The van der Waals surface area contributed by atoms with Crippen LogP contribution in [-0.2, 0) is 14.8 Å². The minimum Gasteiger partial charge on any atom is -0.487 e. The number of ketones is 1. The van der Waals surface area contributed by atoms with Crippen molar-refractivity contribution in [1.82, 2.24) is 0 Å². The fourth-order valence-electron chi connectivity index (χ4n) is 2.40. The lowest BCUT2D eigenvalue weighted by atomic mass is 9.89. The molecular formula is C13H16N2O6S. The van der Waals surface area contributed by atoms with Gasteiger partial charge in [-0.1, -0.05) is 0 Å². The van der Waals surface area contributed by atoms with Crippen LogP contribution in [0.3, 0.4) is 0 Å². The Kier molecular flexibility index (Phi) is 4.77. The number of rotatable bonds is 5. The van der Waals surface area contributed by atoms with Gasteiger partial charge in [0.25, 0.3) is 0 Å². The van der Waals surface area contributed by atoms with E-state index in [-0.39, 0.29) is 29.0 Å². The molecule has 0 heterocycles. The second kappa shape index (κ2) is 6.41. The van der Waals surface area contributed by atoms with Gasteiger partial charge in [0.15, 0.2) is 5.75 Å². The molecule has 1 atom stereocenters. The first-order valence-electron chi connectivity index (χ1n) is 6.73. The first kappa shape index (κ1) is 16.4. The number of nitrogens with zero attached hydrogens (tertiary/aromatic N) is 1. The second-order valence-electron chi connectivity index (χ2n) is 5.24. The summed E-state index contributed by atoms with van der Waals surface area (Å²) >= 11 is 0. The molecule has 1 aliphatic rings. The highest BCUT2D eigenvalue weighted by atomic mass is 32.2. The maximum Gasteiger partial charge on any atom is 0.312 e. The topological polar surface area (TPSA) is 130 Å². The summed E-state index contributed by atoms with van der Waals surface area (Å²) in [5.74, 6) is 0.160. The highest BCUT2D eigenvalue weighted by molar-refractivity contribution is 7.89. The summed E-state index contributed by atoms with van der Waals surface area (Å²) in [5, 5.41) is 16.0. The molecule has 1 aromatic rings. The third kappa shape index (κ3) is 4.01. The second-order valence-corrected chi connectivity index (χ2v) is 6.81. The Morgan fingerprint density at radius 2 is 2.14 bits per heavy atom. The highest BCUT2D eigenvalue weighted by Crippen LogP contribution is 2.31. The number of benzene rings is 1. The Morgan fingerprint density at radius 3 is 2.73 bits per heavy atom. The quantitative estimate of drug-likeness (QED) is 0.642. The van der Waals surface area contributed by atoms with Gasteiger partial charge in [-0.2, -0.15) is 0 Å². The Balaban J connectivity index is 2.16. The van der Waals surface area contributed by atoms with Crippen molar-refractivity contribution >= 4 is 21.5 Å². The molecule has 0 amide bonds. The normalized spacial score (nSPS) is 19.0. The molecule has 1 aliphatic carbocycles. The molecule has 0 bridgehead atoms. The summed E-state index contributed by atoms with van der Waals surface area (Å²) in [7, 11) is -4.02. The van der Waals surface area contributed by atoms with Crippen molar-refractivity contribution in [2.75, 3.05) is 6.61 Å². The van der Waals surface area contributed by atoms with Gasteiger partial charge in [0.05, 0.1) is 16.4 Å². The minimum absolute atomic E-state index is 0.0266. The molecule has 0 aliphatic heterocycles. The molecule has 0 radical (unpaired) electrons. The number of Topliss-reactive ketones (excluding diaryl/α,β-unsaturated/α-hetero) is 1. The summed E-state index contributed by atoms with van der Waals surface area (Å²) < 4.78 is 27.9. The average molecular weight is 328 g/mol. The van der Waals surface area contributed by atoms with E-state index in [4.69, 9.17) is 9.88 Å². The number of nitro benzene ring substituents is 1. The summed E-state index contributed by atoms with van der Waals surface area (Å²) in [6, 6.07) is 3.24. The standard InChI is InChI=1S/C13H16N2O6S/c14-22(19,20)11-4-5-13(12(7-11)15(17)18)21-8-9-2-1-3-10(16)6-9/h4-5,7,9H,1-3,6,8H2,(H2,14,19,20)/t9-/m1/s1. The van der Waals surface area contributed by atoms with E-state index in [0.717, 1.165) is 25.0 Å². The Hall–Kier alpha value is -2.00. The molecule has 1 aromatic carbocycles. The van der Waals surface area contributed by atoms with E-state index in [2.05, 4.69) is 0 Å². The lowest BCUT2D eigenvalue weighted by molar-refractivity contribution is -0.386. The van der Waals surface area contributed by atoms with Crippen LogP contribution in [0.25, 0.3) is 0 Å². The zero-order chi connectivity index (χ0) is 16.3. The SMILES string of the molecule is NS(=O)(=O)c1ccc(OC[C@@H]2CCCC(=O)C2)c([N+](=O)[O-])c1. The molecule has 9 heteroatoms. The lowest BCUT2D eigenvalue weighted by Crippen LogP contribution is -2.21. The first-order valence-corrected chi connectivity index (χ1v) is 8.28. The van der Waals surface area contributed by atoms with E-state index in [0.29, 0.717) is 12.8 Å². The number of sulfonamides is 1. The monoisotopic (exact) mass is 328 g/mol. The number of nitro groups is 1. The smallest absolute Gasteiger partial charge is 0.312 e. The van der Waals surface area contributed by atoms with Crippen LogP contribution in [0.5, 0.6) is 5.75 Å². The molecule has 1 saturated carbocycles. The first-order chi connectivity index (χ1) is 10.3. The molecule has 8 nitrogen and oxygen atoms in total. The van der Waals surface area contributed by atoms with Gasteiger partial charge >= 0.3 is 5.69 Å². The maximum atomic E-state index is 11.4.